The summed E-state index contributed by atoms with van der Waals surface area (Å²) in [7, 11) is 0. The zero-order valence-corrected chi connectivity index (χ0v) is 12.5. The van der Waals surface area contributed by atoms with Gasteiger partial charge >= 0.3 is 5.97 Å². The molecule has 1 saturated heterocycles. The van der Waals surface area contributed by atoms with E-state index in [1.54, 1.807) is 0 Å². The first-order chi connectivity index (χ1) is 9.61. The second-order valence-electron chi connectivity index (χ2n) is 5.32. The average molecular weight is 280 g/mol. The van der Waals surface area contributed by atoms with E-state index in [2.05, 4.69) is 29.2 Å². The first-order valence-electron chi connectivity index (χ1n) is 7.27. The summed E-state index contributed by atoms with van der Waals surface area (Å²) in [4.78, 5) is 14.1. The van der Waals surface area contributed by atoms with Gasteiger partial charge in [0.1, 0.15) is 6.04 Å². The van der Waals surface area contributed by atoms with Crippen molar-refractivity contribution in [1.82, 2.24) is 20.0 Å². The van der Waals surface area contributed by atoms with Crippen molar-refractivity contribution in [1.29, 1.82) is 0 Å². The molecule has 0 aliphatic carbocycles. The maximum atomic E-state index is 12.0. The lowest BCUT2D eigenvalue weighted by Gasteiger charge is -2.33. The van der Waals surface area contributed by atoms with Crippen molar-refractivity contribution in [3.05, 3.63) is 18.0 Å². The first kappa shape index (κ1) is 15.0. The average Bonchev–Trinajstić information content (AvgIpc) is 2.88. The fraction of sp³-hybridized carbons (Fsp3) is 0.714. The highest BCUT2D eigenvalue weighted by atomic mass is 16.5. The van der Waals surface area contributed by atoms with Crippen LogP contribution < -0.4 is 5.32 Å². The van der Waals surface area contributed by atoms with E-state index < -0.39 is 0 Å². The van der Waals surface area contributed by atoms with Gasteiger partial charge in [-0.25, -0.2) is 0 Å². The van der Waals surface area contributed by atoms with Gasteiger partial charge in [-0.3, -0.25) is 14.4 Å². The minimum absolute atomic E-state index is 0.150. The number of ether oxygens (including phenoxy) is 1. The molecule has 0 radical (unpaired) electrons. The Kier molecular flexibility index (Phi) is 5.14. The molecule has 1 unspecified atom stereocenters. The Hall–Kier alpha value is -1.40. The molecule has 20 heavy (non-hydrogen) atoms. The number of carbonyl (C=O) groups excluding carboxylic acids is 1. The number of piperazine rings is 1. The fourth-order valence-corrected chi connectivity index (χ4v) is 2.36. The summed E-state index contributed by atoms with van der Waals surface area (Å²) in [6.45, 7) is 9.51. The molecule has 1 aromatic heterocycles. The third kappa shape index (κ3) is 3.58. The van der Waals surface area contributed by atoms with Crippen molar-refractivity contribution in [3.8, 4) is 0 Å². The highest BCUT2D eigenvalue weighted by molar-refractivity contribution is 5.76. The van der Waals surface area contributed by atoms with Gasteiger partial charge in [-0.15, -0.1) is 0 Å². The molecule has 2 rings (SSSR count). The van der Waals surface area contributed by atoms with Gasteiger partial charge in [0.25, 0.3) is 0 Å². The van der Waals surface area contributed by atoms with E-state index >= 15 is 0 Å². The predicted octanol–water partition coefficient (Wildman–Crippen LogP) is 0.801. The fourth-order valence-electron chi connectivity index (χ4n) is 2.36. The van der Waals surface area contributed by atoms with Crippen LogP contribution in [-0.4, -0.2) is 52.9 Å². The molecule has 0 bridgehead atoms. The summed E-state index contributed by atoms with van der Waals surface area (Å²) < 4.78 is 7.09. The summed E-state index contributed by atoms with van der Waals surface area (Å²) in [5.41, 5.74) is 0.995. The molecule has 6 nitrogen and oxygen atoms in total. The van der Waals surface area contributed by atoms with Crippen molar-refractivity contribution in [2.24, 2.45) is 0 Å². The Morgan fingerprint density at radius 2 is 2.40 bits per heavy atom. The van der Waals surface area contributed by atoms with Crippen LogP contribution in [0.3, 0.4) is 0 Å². The van der Waals surface area contributed by atoms with Crippen LogP contribution in [0.5, 0.6) is 0 Å². The topological polar surface area (TPSA) is 59.4 Å². The highest BCUT2D eigenvalue weighted by Crippen LogP contribution is 2.12. The van der Waals surface area contributed by atoms with Crippen LogP contribution >= 0.6 is 0 Å². The van der Waals surface area contributed by atoms with Crippen LogP contribution in [0.25, 0.3) is 0 Å². The van der Waals surface area contributed by atoms with E-state index in [1.807, 2.05) is 23.9 Å². The molecular weight excluding hydrogens is 256 g/mol. The lowest BCUT2D eigenvalue weighted by Crippen LogP contribution is -2.54. The number of carbonyl (C=O) groups is 1. The molecule has 1 aliphatic heterocycles. The molecule has 2 heterocycles. The smallest absolute Gasteiger partial charge is 0.324 e. The van der Waals surface area contributed by atoms with E-state index in [9.17, 15) is 4.79 Å². The van der Waals surface area contributed by atoms with E-state index in [4.69, 9.17) is 4.74 Å². The standard InChI is InChI=1S/C14H24N4O2/c1-4-20-14(19)13-9-15-6-8-17(13)10-12-5-7-18(16-12)11(2)3/h5,7,11,13,15H,4,6,8-10H2,1-3H3. The number of nitrogens with one attached hydrogen (secondary N) is 1. The predicted molar refractivity (Wildman–Crippen MR) is 76.3 cm³/mol. The molecule has 0 spiro atoms. The number of hydrogen-bond acceptors (Lipinski definition) is 5. The number of hydrogen-bond donors (Lipinski definition) is 1. The third-order valence-electron chi connectivity index (χ3n) is 3.47. The summed E-state index contributed by atoms with van der Waals surface area (Å²) in [6.07, 6.45) is 1.99. The van der Waals surface area contributed by atoms with E-state index in [1.165, 1.54) is 0 Å². The molecule has 112 valence electrons. The van der Waals surface area contributed by atoms with Crippen LogP contribution in [0.2, 0.25) is 0 Å². The summed E-state index contributed by atoms with van der Waals surface area (Å²) in [6, 6.07) is 2.16. The minimum Gasteiger partial charge on any atom is -0.465 e. The quantitative estimate of drug-likeness (QED) is 0.809. The van der Waals surface area contributed by atoms with Crippen LogP contribution in [0.15, 0.2) is 12.3 Å². The van der Waals surface area contributed by atoms with Crippen LogP contribution in [0.1, 0.15) is 32.5 Å². The molecular formula is C14H24N4O2. The molecule has 0 amide bonds. The normalized spacial score (nSPS) is 20.3. The van der Waals surface area contributed by atoms with Gasteiger partial charge in [0.05, 0.1) is 12.3 Å². The highest BCUT2D eigenvalue weighted by Gasteiger charge is 2.30. The van der Waals surface area contributed by atoms with Gasteiger partial charge in [-0.2, -0.15) is 5.10 Å². The lowest BCUT2D eigenvalue weighted by molar-refractivity contribution is -0.150. The molecule has 6 heteroatoms. The molecule has 1 atom stereocenters. The van der Waals surface area contributed by atoms with Crippen molar-refractivity contribution in [3.63, 3.8) is 0 Å². The summed E-state index contributed by atoms with van der Waals surface area (Å²) in [5, 5.41) is 7.79. The number of nitrogens with zero attached hydrogens (tertiary/aromatic N) is 3. The van der Waals surface area contributed by atoms with Gasteiger partial charge in [-0.05, 0) is 26.8 Å². The maximum absolute atomic E-state index is 12.0. The first-order valence-corrected chi connectivity index (χ1v) is 7.27. The molecule has 1 aromatic rings. The Morgan fingerprint density at radius 3 is 3.05 bits per heavy atom. The molecule has 0 aromatic carbocycles. The Morgan fingerprint density at radius 1 is 1.60 bits per heavy atom. The molecule has 1 N–H and O–H groups in total. The second kappa shape index (κ2) is 6.85. The largest absolute Gasteiger partial charge is 0.465 e. The Bertz CT molecular complexity index is 444. The van der Waals surface area contributed by atoms with Crippen LogP contribution in [-0.2, 0) is 16.1 Å². The second-order valence-corrected chi connectivity index (χ2v) is 5.32. The number of esters is 1. The monoisotopic (exact) mass is 280 g/mol. The van der Waals surface area contributed by atoms with Crippen molar-refractivity contribution in [2.75, 3.05) is 26.2 Å². The SMILES string of the molecule is CCOC(=O)C1CNCCN1Cc1ccn(C(C)C)n1. The van der Waals surface area contributed by atoms with E-state index in [-0.39, 0.29) is 12.0 Å². The van der Waals surface area contributed by atoms with Crippen molar-refractivity contribution < 1.29 is 9.53 Å². The lowest BCUT2D eigenvalue weighted by atomic mass is 10.2. The third-order valence-corrected chi connectivity index (χ3v) is 3.47. The van der Waals surface area contributed by atoms with Crippen molar-refractivity contribution >= 4 is 5.97 Å². The zero-order valence-electron chi connectivity index (χ0n) is 12.5. The van der Waals surface area contributed by atoms with Gasteiger partial charge in [-0.1, -0.05) is 0 Å². The Balaban J connectivity index is 2.02. The molecule has 0 saturated carbocycles. The van der Waals surface area contributed by atoms with Crippen molar-refractivity contribution in [2.45, 2.75) is 39.4 Å². The van der Waals surface area contributed by atoms with E-state index in [0.717, 1.165) is 18.8 Å². The summed E-state index contributed by atoms with van der Waals surface area (Å²) >= 11 is 0. The van der Waals surface area contributed by atoms with E-state index in [0.29, 0.717) is 25.7 Å². The van der Waals surface area contributed by atoms with Gasteiger partial charge in [0.2, 0.25) is 0 Å². The minimum atomic E-state index is -0.215. The van der Waals surface area contributed by atoms with Gasteiger partial charge in [0, 0.05) is 38.4 Å². The van der Waals surface area contributed by atoms with Crippen LogP contribution in [0, 0.1) is 0 Å². The number of rotatable bonds is 5. The Labute approximate surface area is 120 Å². The van der Waals surface area contributed by atoms with Gasteiger partial charge in [0.15, 0.2) is 0 Å². The maximum Gasteiger partial charge on any atom is 0.324 e. The zero-order chi connectivity index (χ0) is 14.5. The van der Waals surface area contributed by atoms with Crippen LogP contribution in [0.4, 0.5) is 0 Å². The molecule has 1 aliphatic rings. The summed E-state index contributed by atoms with van der Waals surface area (Å²) in [5.74, 6) is -0.150. The molecule has 1 fully saturated rings. The number of aromatic nitrogens is 2. The van der Waals surface area contributed by atoms with Gasteiger partial charge < -0.3 is 10.1 Å².